The van der Waals surface area contributed by atoms with Gasteiger partial charge in [-0.1, -0.05) is 23.7 Å². The van der Waals surface area contributed by atoms with Crippen LogP contribution in [0.15, 0.2) is 53.3 Å². The summed E-state index contributed by atoms with van der Waals surface area (Å²) < 4.78 is 10.5. The Kier molecular flexibility index (Phi) is 7.40. The average Bonchev–Trinajstić information content (AvgIpc) is 2.64. The van der Waals surface area contributed by atoms with Gasteiger partial charge in [-0.25, -0.2) is 4.79 Å². The molecule has 3 N–H and O–H groups in total. The summed E-state index contributed by atoms with van der Waals surface area (Å²) >= 11 is 6.19. The smallest absolute Gasteiger partial charge is 0.407 e. The number of alkyl carbamates (subject to hydrolysis) is 1. The second kappa shape index (κ2) is 9.55. The summed E-state index contributed by atoms with van der Waals surface area (Å²) in [5.74, 6) is 0.732. The van der Waals surface area contributed by atoms with E-state index in [0.29, 0.717) is 30.2 Å². The minimum atomic E-state index is -0.512. The van der Waals surface area contributed by atoms with Crippen LogP contribution in [0.25, 0.3) is 5.70 Å². The Bertz CT molecular complexity index is 794. The number of hydrogen-bond donors (Lipinski definition) is 2. The van der Waals surface area contributed by atoms with Gasteiger partial charge >= 0.3 is 6.09 Å². The van der Waals surface area contributed by atoms with Gasteiger partial charge in [-0.3, -0.25) is 0 Å². The molecule has 1 aromatic rings. The molecule has 0 spiro atoms. The van der Waals surface area contributed by atoms with E-state index >= 15 is 0 Å². The Morgan fingerprint density at radius 3 is 2.75 bits per heavy atom. The molecule has 0 unspecified atom stereocenters. The number of allylic oxidation sites excluding steroid dienone is 3. The Morgan fingerprint density at radius 1 is 1.32 bits per heavy atom. The summed E-state index contributed by atoms with van der Waals surface area (Å²) in [5.41, 5.74) is 8.16. The summed E-state index contributed by atoms with van der Waals surface area (Å²) in [6, 6.07) is 7.56. The molecule has 6 nitrogen and oxygen atoms in total. The largest absolute Gasteiger partial charge is 0.497 e. The number of benzene rings is 1. The zero-order valence-electron chi connectivity index (χ0n) is 16.8. The van der Waals surface area contributed by atoms with Crippen LogP contribution >= 0.6 is 11.6 Å². The molecule has 0 aliphatic carbocycles. The lowest BCUT2D eigenvalue weighted by molar-refractivity contribution is 0.0526. The van der Waals surface area contributed by atoms with E-state index in [9.17, 15) is 4.79 Å². The second-order valence-corrected chi connectivity index (χ2v) is 7.79. The van der Waals surface area contributed by atoms with Gasteiger partial charge in [0, 0.05) is 29.9 Å². The van der Waals surface area contributed by atoms with Crippen molar-refractivity contribution in [3.8, 4) is 5.75 Å². The highest BCUT2D eigenvalue weighted by Crippen LogP contribution is 2.26. The first-order chi connectivity index (χ1) is 13.2. The average molecular weight is 406 g/mol. The number of halogens is 1. The monoisotopic (exact) mass is 405 g/mol. The van der Waals surface area contributed by atoms with E-state index in [1.54, 1.807) is 7.11 Å². The Labute approximate surface area is 171 Å². The van der Waals surface area contributed by atoms with E-state index in [2.05, 4.69) is 5.32 Å². The van der Waals surface area contributed by atoms with Gasteiger partial charge in [-0.15, -0.1) is 0 Å². The normalized spacial score (nSPS) is 15.8. The first-order valence-corrected chi connectivity index (χ1v) is 9.50. The molecular formula is C21H28ClN3O3. The van der Waals surface area contributed by atoms with Crippen LogP contribution < -0.4 is 15.8 Å². The third kappa shape index (κ3) is 6.53. The highest BCUT2D eigenvalue weighted by atomic mass is 35.5. The van der Waals surface area contributed by atoms with Crippen LogP contribution in [0.3, 0.4) is 0 Å². The lowest BCUT2D eigenvalue weighted by Gasteiger charge is -2.26. The maximum atomic E-state index is 11.7. The van der Waals surface area contributed by atoms with Gasteiger partial charge in [-0.2, -0.15) is 0 Å². The number of hydrogen-bond acceptors (Lipinski definition) is 5. The van der Waals surface area contributed by atoms with Crippen LogP contribution in [-0.2, 0) is 4.74 Å². The lowest BCUT2D eigenvalue weighted by atomic mass is 10.1. The fraction of sp³-hybridized carbons (Fsp3) is 0.381. The molecule has 0 aromatic heterocycles. The van der Waals surface area contributed by atoms with Gasteiger partial charge < -0.3 is 25.4 Å². The summed E-state index contributed by atoms with van der Waals surface area (Å²) in [5, 5.41) is 3.36. The molecule has 1 aliphatic rings. The number of carbonyl (C=O) groups is 1. The topological polar surface area (TPSA) is 76.8 Å². The molecule has 0 atom stereocenters. The molecule has 0 saturated carbocycles. The Morgan fingerprint density at radius 2 is 2.07 bits per heavy atom. The van der Waals surface area contributed by atoms with E-state index in [0.717, 1.165) is 17.0 Å². The van der Waals surface area contributed by atoms with E-state index in [4.69, 9.17) is 26.8 Å². The van der Waals surface area contributed by atoms with Crippen LogP contribution in [0.1, 0.15) is 32.8 Å². The van der Waals surface area contributed by atoms with Gasteiger partial charge in [0.25, 0.3) is 0 Å². The van der Waals surface area contributed by atoms with E-state index < -0.39 is 11.7 Å². The van der Waals surface area contributed by atoms with Crippen molar-refractivity contribution in [3.63, 3.8) is 0 Å². The maximum Gasteiger partial charge on any atom is 0.407 e. The molecule has 0 fully saturated rings. The van der Waals surface area contributed by atoms with Crippen molar-refractivity contribution >= 4 is 23.4 Å². The van der Waals surface area contributed by atoms with Crippen LogP contribution in [0.2, 0.25) is 0 Å². The second-order valence-electron chi connectivity index (χ2n) is 7.35. The lowest BCUT2D eigenvalue weighted by Crippen LogP contribution is -2.34. The van der Waals surface area contributed by atoms with Gasteiger partial charge in [0.15, 0.2) is 0 Å². The Balaban J connectivity index is 2.04. The van der Waals surface area contributed by atoms with Crippen molar-refractivity contribution < 1.29 is 14.3 Å². The highest BCUT2D eigenvalue weighted by molar-refractivity contribution is 6.31. The molecule has 7 heteroatoms. The van der Waals surface area contributed by atoms with Gasteiger partial charge in [0.2, 0.25) is 0 Å². The van der Waals surface area contributed by atoms with Crippen molar-refractivity contribution in [3.05, 3.63) is 58.9 Å². The molecule has 28 heavy (non-hydrogen) atoms. The molecule has 1 aromatic carbocycles. The molecule has 1 heterocycles. The maximum absolute atomic E-state index is 11.7. The van der Waals surface area contributed by atoms with Crippen molar-refractivity contribution in [1.29, 1.82) is 0 Å². The van der Waals surface area contributed by atoms with Crippen molar-refractivity contribution in [1.82, 2.24) is 10.2 Å². The number of nitrogens with zero attached hydrogens (tertiary/aromatic N) is 1. The minimum absolute atomic E-state index is 0.420. The molecule has 152 valence electrons. The number of amides is 1. The summed E-state index contributed by atoms with van der Waals surface area (Å²) in [6.45, 7) is 6.65. The molecule has 0 bridgehead atoms. The first-order valence-electron chi connectivity index (χ1n) is 9.12. The SMILES string of the molecule is COc1cccc(/C(N)=C2\C=C(Cl)C=CN2CCCNC(=O)OC(C)(C)C)c1. The van der Waals surface area contributed by atoms with Crippen LogP contribution in [0.5, 0.6) is 5.75 Å². The Hall–Kier alpha value is -2.60. The van der Waals surface area contributed by atoms with Crippen LogP contribution in [0, 0.1) is 0 Å². The third-order valence-corrected chi connectivity index (χ3v) is 4.13. The first kappa shape index (κ1) is 21.7. The van der Waals surface area contributed by atoms with Gasteiger partial charge in [-0.05, 0) is 51.5 Å². The molecule has 1 aliphatic heterocycles. The van der Waals surface area contributed by atoms with Crippen molar-refractivity contribution in [2.45, 2.75) is 32.8 Å². The predicted molar refractivity (Wildman–Crippen MR) is 113 cm³/mol. The zero-order chi connectivity index (χ0) is 20.7. The van der Waals surface area contributed by atoms with E-state index in [-0.39, 0.29) is 0 Å². The molecule has 1 amide bonds. The van der Waals surface area contributed by atoms with E-state index in [1.165, 1.54) is 0 Å². The quantitative estimate of drug-likeness (QED) is 0.694. The molecule has 0 radical (unpaired) electrons. The van der Waals surface area contributed by atoms with Gasteiger partial charge in [0.05, 0.1) is 18.5 Å². The summed E-state index contributed by atoms with van der Waals surface area (Å²) in [6.07, 6.45) is 5.82. The number of carbonyl (C=O) groups excluding carboxylic acids is 1. The number of nitrogens with two attached hydrogens (primary N) is 1. The third-order valence-electron chi connectivity index (χ3n) is 3.90. The number of rotatable bonds is 6. The van der Waals surface area contributed by atoms with Crippen molar-refractivity contribution in [2.24, 2.45) is 5.73 Å². The molecular weight excluding hydrogens is 378 g/mol. The predicted octanol–water partition coefficient (Wildman–Crippen LogP) is 4.19. The minimum Gasteiger partial charge on any atom is -0.497 e. The van der Waals surface area contributed by atoms with Crippen LogP contribution in [0.4, 0.5) is 4.79 Å². The number of methoxy groups -OCH3 is 1. The van der Waals surface area contributed by atoms with Gasteiger partial charge in [0.1, 0.15) is 11.4 Å². The zero-order valence-corrected chi connectivity index (χ0v) is 17.5. The number of nitrogens with one attached hydrogen (secondary N) is 1. The summed E-state index contributed by atoms with van der Waals surface area (Å²) in [4.78, 5) is 13.8. The van der Waals surface area contributed by atoms with Crippen molar-refractivity contribution in [2.75, 3.05) is 20.2 Å². The fourth-order valence-corrected chi connectivity index (χ4v) is 2.78. The fourth-order valence-electron chi connectivity index (χ4n) is 2.62. The van der Waals surface area contributed by atoms with Crippen LogP contribution in [-0.4, -0.2) is 36.8 Å². The molecule has 2 rings (SSSR count). The molecule has 0 saturated heterocycles. The highest BCUT2D eigenvalue weighted by Gasteiger charge is 2.17. The summed E-state index contributed by atoms with van der Waals surface area (Å²) in [7, 11) is 1.62. The van der Waals surface area contributed by atoms with E-state index in [1.807, 2.05) is 68.3 Å². The standard InChI is InChI=1S/C21H28ClN3O3/c1-21(2,3)28-20(26)24-10-6-11-25-12-9-16(22)14-18(25)19(23)15-7-5-8-17(13-15)27-4/h5,7-9,12-14H,6,10-11,23H2,1-4H3,(H,24,26)/b19-18-. The number of ether oxygens (including phenoxy) is 2.